The van der Waals surface area contributed by atoms with Crippen LogP contribution in [0, 0.1) is 0 Å². The second-order valence-corrected chi connectivity index (χ2v) is 10.6. The van der Waals surface area contributed by atoms with Crippen molar-refractivity contribution >= 4 is 78.1 Å². The predicted octanol–water partition coefficient (Wildman–Crippen LogP) is 8.08. The molecule has 0 aromatic heterocycles. The summed E-state index contributed by atoms with van der Waals surface area (Å²) in [6.45, 7) is 2.80. The third-order valence-corrected chi connectivity index (χ3v) is 7.70. The Bertz CT molecular complexity index is 1290. The molecule has 1 fully saturated rings. The number of amidine groups is 1. The normalized spacial score (nSPS) is 15.8. The highest BCUT2D eigenvalue weighted by Crippen LogP contribution is 2.39. The van der Waals surface area contributed by atoms with Gasteiger partial charge in [0, 0.05) is 17.1 Å². The summed E-state index contributed by atoms with van der Waals surface area (Å²) in [5, 5.41) is 1.30. The Morgan fingerprint density at radius 3 is 2.40 bits per heavy atom. The zero-order valence-electron chi connectivity index (χ0n) is 18.9. The molecule has 1 aliphatic rings. The number of benzene rings is 3. The third kappa shape index (κ3) is 6.12. The Hall–Kier alpha value is -2.26. The molecule has 0 spiro atoms. The molecule has 0 saturated carbocycles. The molecule has 5 nitrogen and oxygen atoms in total. The van der Waals surface area contributed by atoms with Gasteiger partial charge in [-0.2, -0.15) is 0 Å². The number of hydrogen-bond donors (Lipinski definition) is 0. The fraction of sp³-hybridized carbons (Fsp3) is 0.154. The zero-order chi connectivity index (χ0) is 24.9. The maximum atomic E-state index is 13.0. The first-order valence-electron chi connectivity index (χ1n) is 10.7. The molecule has 3 aromatic carbocycles. The summed E-state index contributed by atoms with van der Waals surface area (Å²) in [6, 6.07) is 18.8. The van der Waals surface area contributed by atoms with Crippen molar-refractivity contribution in [2.75, 3.05) is 13.7 Å². The van der Waals surface area contributed by atoms with Gasteiger partial charge in [-0.25, -0.2) is 4.99 Å². The summed E-state index contributed by atoms with van der Waals surface area (Å²) in [5.74, 6) is 1.35. The van der Waals surface area contributed by atoms with E-state index in [1.54, 1.807) is 12.0 Å². The lowest BCUT2D eigenvalue weighted by Crippen LogP contribution is -2.28. The van der Waals surface area contributed by atoms with E-state index in [-0.39, 0.29) is 5.91 Å². The van der Waals surface area contributed by atoms with Crippen molar-refractivity contribution in [1.82, 2.24) is 4.90 Å². The number of methoxy groups -OCH3 is 1. The van der Waals surface area contributed by atoms with Gasteiger partial charge in [-0.15, -0.1) is 0 Å². The van der Waals surface area contributed by atoms with Crippen LogP contribution in [0.3, 0.4) is 0 Å². The number of hydrogen-bond acceptors (Lipinski definition) is 5. The quantitative estimate of drug-likeness (QED) is 0.246. The van der Waals surface area contributed by atoms with Crippen molar-refractivity contribution in [2.24, 2.45) is 4.99 Å². The van der Waals surface area contributed by atoms with E-state index in [4.69, 9.17) is 21.1 Å². The van der Waals surface area contributed by atoms with E-state index in [1.807, 2.05) is 73.7 Å². The Morgan fingerprint density at radius 1 is 1.09 bits per heavy atom. The summed E-state index contributed by atoms with van der Waals surface area (Å²) in [7, 11) is 1.62. The van der Waals surface area contributed by atoms with Gasteiger partial charge in [0.2, 0.25) is 0 Å². The van der Waals surface area contributed by atoms with Gasteiger partial charge in [-0.3, -0.25) is 9.69 Å². The van der Waals surface area contributed by atoms with Gasteiger partial charge in [-0.05, 0) is 105 Å². The number of likely N-dealkylation sites (N-methyl/N-ethyl adjacent to an activating group) is 1. The summed E-state index contributed by atoms with van der Waals surface area (Å²) in [4.78, 5) is 20.0. The van der Waals surface area contributed by atoms with Crippen LogP contribution >= 0.6 is 55.2 Å². The Kier molecular flexibility index (Phi) is 8.59. The predicted molar refractivity (Wildman–Crippen MR) is 151 cm³/mol. The molecule has 0 aliphatic carbocycles. The highest BCUT2D eigenvalue weighted by atomic mass is 79.9. The molecule has 0 N–H and O–H groups in total. The topological polar surface area (TPSA) is 51.1 Å². The minimum Gasteiger partial charge on any atom is -0.497 e. The van der Waals surface area contributed by atoms with Gasteiger partial charge >= 0.3 is 0 Å². The molecule has 9 heteroatoms. The van der Waals surface area contributed by atoms with Crippen molar-refractivity contribution in [3.8, 4) is 11.5 Å². The van der Waals surface area contributed by atoms with Gasteiger partial charge < -0.3 is 9.47 Å². The first kappa shape index (κ1) is 25.8. The first-order valence-corrected chi connectivity index (χ1v) is 13.5. The fourth-order valence-corrected chi connectivity index (χ4v) is 6.06. The van der Waals surface area contributed by atoms with E-state index in [9.17, 15) is 4.79 Å². The lowest BCUT2D eigenvalue weighted by Gasteiger charge is -2.13. The second kappa shape index (κ2) is 11.6. The van der Waals surface area contributed by atoms with Gasteiger partial charge in [0.1, 0.15) is 18.1 Å². The van der Waals surface area contributed by atoms with E-state index >= 15 is 0 Å². The number of carbonyl (C=O) groups is 1. The van der Waals surface area contributed by atoms with Crippen LogP contribution in [0.5, 0.6) is 11.5 Å². The molecular formula is C26H21Br2ClN2O3S. The Balaban J connectivity index is 1.55. The minimum absolute atomic E-state index is 0.0731. The summed E-state index contributed by atoms with van der Waals surface area (Å²) < 4.78 is 12.7. The van der Waals surface area contributed by atoms with E-state index in [2.05, 4.69) is 36.9 Å². The largest absolute Gasteiger partial charge is 0.497 e. The first-order chi connectivity index (χ1) is 16.9. The smallest absolute Gasteiger partial charge is 0.266 e. The van der Waals surface area contributed by atoms with Gasteiger partial charge in [0.05, 0.1) is 26.6 Å². The lowest BCUT2D eigenvalue weighted by atomic mass is 10.2. The molecule has 3 aromatic rings. The number of halogens is 3. The standard InChI is InChI=1S/C26H21Br2ClN2O3S/c1-3-31-25(32)23(35-26(31)30-18-8-10-19(33-2)11-9-18)14-16-12-20(27)24(21(28)13-16)34-15-17-6-4-5-7-22(17)29/h4-14H,3,15H2,1-2H3/b23-14+,30-26?. The van der Waals surface area contributed by atoms with Crippen LogP contribution in [0.1, 0.15) is 18.1 Å². The summed E-state index contributed by atoms with van der Waals surface area (Å²) in [5.41, 5.74) is 2.51. The molecule has 0 atom stereocenters. The molecule has 1 heterocycles. The zero-order valence-corrected chi connectivity index (χ0v) is 23.7. The molecule has 0 bridgehead atoms. The molecule has 1 saturated heterocycles. The Labute approximate surface area is 230 Å². The number of thioether (sulfide) groups is 1. The van der Waals surface area contributed by atoms with E-state index in [0.29, 0.717) is 34.0 Å². The third-order valence-electron chi connectivity index (χ3n) is 5.15. The molecule has 180 valence electrons. The maximum Gasteiger partial charge on any atom is 0.266 e. The van der Waals surface area contributed by atoms with Gasteiger partial charge in [0.15, 0.2) is 5.17 Å². The highest BCUT2D eigenvalue weighted by Gasteiger charge is 2.32. The van der Waals surface area contributed by atoms with E-state index in [0.717, 1.165) is 31.5 Å². The number of rotatable bonds is 7. The molecule has 4 rings (SSSR count). The average Bonchev–Trinajstić information content (AvgIpc) is 3.13. The molecule has 35 heavy (non-hydrogen) atoms. The number of amides is 1. The van der Waals surface area contributed by atoms with Crippen LogP contribution < -0.4 is 9.47 Å². The van der Waals surface area contributed by atoms with Gasteiger partial charge in [0.25, 0.3) is 5.91 Å². The monoisotopic (exact) mass is 634 g/mol. The fourth-order valence-electron chi connectivity index (χ4n) is 3.35. The number of carbonyl (C=O) groups excluding carboxylic acids is 1. The highest BCUT2D eigenvalue weighted by molar-refractivity contribution is 9.11. The average molecular weight is 637 g/mol. The van der Waals surface area contributed by atoms with Crippen molar-refractivity contribution in [3.63, 3.8) is 0 Å². The maximum absolute atomic E-state index is 13.0. The SMILES string of the molecule is CCN1C(=O)/C(=C\c2cc(Br)c(OCc3ccccc3Cl)c(Br)c2)SC1=Nc1ccc(OC)cc1. The lowest BCUT2D eigenvalue weighted by molar-refractivity contribution is -0.122. The molecule has 0 unspecified atom stereocenters. The van der Waals surface area contributed by atoms with Crippen molar-refractivity contribution in [3.05, 3.63) is 90.7 Å². The number of ether oxygens (including phenoxy) is 2. The summed E-state index contributed by atoms with van der Waals surface area (Å²) in [6.07, 6.45) is 1.86. The van der Waals surface area contributed by atoms with Crippen molar-refractivity contribution in [1.29, 1.82) is 0 Å². The van der Waals surface area contributed by atoms with E-state index in [1.165, 1.54) is 11.8 Å². The second-order valence-electron chi connectivity index (χ2n) is 7.45. The van der Waals surface area contributed by atoms with Crippen LogP contribution in [-0.2, 0) is 11.4 Å². The molecular weight excluding hydrogens is 616 g/mol. The van der Waals surface area contributed by atoms with Crippen LogP contribution in [0.4, 0.5) is 5.69 Å². The minimum atomic E-state index is -0.0731. The van der Waals surface area contributed by atoms with Crippen LogP contribution in [0.15, 0.2) is 79.5 Å². The molecule has 1 aliphatic heterocycles. The van der Waals surface area contributed by atoms with Gasteiger partial charge in [-0.1, -0.05) is 29.8 Å². The van der Waals surface area contributed by atoms with Crippen molar-refractivity contribution in [2.45, 2.75) is 13.5 Å². The molecule has 1 amide bonds. The van der Waals surface area contributed by atoms with Crippen LogP contribution in [0.25, 0.3) is 6.08 Å². The molecule has 0 radical (unpaired) electrons. The number of aliphatic imine (C=N–C) groups is 1. The van der Waals surface area contributed by atoms with Crippen LogP contribution in [-0.4, -0.2) is 29.6 Å². The van der Waals surface area contributed by atoms with E-state index < -0.39 is 0 Å². The summed E-state index contributed by atoms with van der Waals surface area (Å²) >= 11 is 14.8. The van der Waals surface area contributed by atoms with Crippen molar-refractivity contribution < 1.29 is 14.3 Å². The Morgan fingerprint density at radius 2 is 1.77 bits per heavy atom. The van der Waals surface area contributed by atoms with Crippen LogP contribution in [0.2, 0.25) is 5.02 Å². The number of nitrogens with zero attached hydrogens (tertiary/aromatic N) is 2.